The molecule has 1 saturated heterocycles. The smallest absolute Gasteiger partial charge is 0.257 e. The third-order valence-corrected chi connectivity index (χ3v) is 3.72. The minimum atomic E-state index is 0. The molecule has 5 heteroatoms. The predicted octanol–water partition coefficient (Wildman–Crippen LogP) is 2.81. The van der Waals surface area contributed by atoms with Crippen molar-refractivity contribution in [1.29, 1.82) is 0 Å². The molecular formula is C14H23ClN2O2. The first kappa shape index (κ1) is 16.1. The van der Waals surface area contributed by atoms with Crippen LogP contribution in [0.4, 0.5) is 0 Å². The maximum atomic E-state index is 12.5. The van der Waals surface area contributed by atoms with E-state index in [1.807, 2.05) is 4.90 Å². The van der Waals surface area contributed by atoms with Crippen LogP contribution in [0.15, 0.2) is 16.7 Å². The van der Waals surface area contributed by atoms with Gasteiger partial charge in [-0.15, -0.1) is 12.4 Å². The SMILES string of the molecule is CC1CCCC(C)N(C(=O)c2coc(CN)c2)C1.Cl. The molecule has 108 valence electrons. The van der Waals surface area contributed by atoms with Gasteiger partial charge in [-0.3, -0.25) is 4.79 Å². The summed E-state index contributed by atoms with van der Waals surface area (Å²) < 4.78 is 5.25. The van der Waals surface area contributed by atoms with Crippen molar-refractivity contribution >= 4 is 18.3 Å². The van der Waals surface area contributed by atoms with Crippen LogP contribution >= 0.6 is 12.4 Å². The van der Waals surface area contributed by atoms with Gasteiger partial charge in [-0.25, -0.2) is 0 Å². The molecule has 2 rings (SSSR count). The second-order valence-electron chi connectivity index (χ2n) is 5.35. The van der Waals surface area contributed by atoms with Crippen LogP contribution in [0, 0.1) is 5.92 Å². The topological polar surface area (TPSA) is 59.5 Å². The molecule has 0 radical (unpaired) electrons. The lowest BCUT2D eigenvalue weighted by atomic mass is 10.1. The highest BCUT2D eigenvalue weighted by atomic mass is 35.5. The summed E-state index contributed by atoms with van der Waals surface area (Å²) in [5.41, 5.74) is 6.12. The number of halogens is 1. The van der Waals surface area contributed by atoms with Crippen molar-refractivity contribution in [3.05, 3.63) is 23.7 Å². The van der Waals surface area contributed by atoms with Crippen LogP contribution in [0.5, 0.6) is 0 Å². The zero-order chi connectivity index (χ0) is 13.1. The summed E-state index contributed by atoms with van der Waals surface area (Å²) in [7, 11) is 0. The Bertz CT molecular complexity index is 419. The summed E-state index contributed by atoms with van der Waals surface area (Å²) in [6.45, 7) is 5.50. The van der Waals surface area contributed by atoms with Crippen LogP contribution in [0.2, 0.25) is 0 Å². The van der Waals surface area contributed by atoms with Gasteiger partial charge in [0.25, 0.3) is 5.91 Å². The van der Waals surface area contributed by atoms with Gasteiger partial charge in [-0.1, -0.05) is 13.3 Å². The highest BCUT2D eigenvalue weighted by Crippen LogP contribution is 2.23. The van der Waals surface area contributed by atoms with Crippen LogP contribution in [0.25, 0.3) is 0 Å². The van der Waals surface area contributed by atoms with Crippen LogP contribution in [-0.2, 0) is 6.54 Å². The van der Waals surface area contributed by atoms with Crippen molar-refractivity contribution in [3.63, 3.8) is 0 Å². The Balaban J connectivity index is 0.00000180. The molecule has 2 heterocycles. The summed E-state index contributed by atoms with van der Waals surface area (Å²) in [4.78, 5) is 14.4. The van der Waals surface area contributed by atoms with Crippen LogP contribution in [-0.4, -0.2) is 23.4 Å². The van der Waals surface area contributed by atoms with E-state index in [2.05, 4.69) is 13.8 Å². The Labute approximate surface area is 120 Å². The second-order valence-corrected chi connectivity index (χ2v) is 5.35. The number of furan rings is 1. The molecule has 1 fully saturated rings. The maximum absolute atomic E-state index is 12.5. The average molecular weight is 287 g/mol. The molecule has 1 aliphatic rings. The summed E-state index contributed by atoms with van der Waals surface area (Å²) in [6.07, 6.45) is 5.00. The Hall–Kier alpha value is -1.00. The monoisotopic (exact) mass is 286 g/mol. The van der Waals surface area contributed by atoms with Gasteiger partial charge in [-0.05, 0) is 31.7 Å². The molecule has 1 aromatic heterocycles. The Morgan fingerprint density at radius 1 is 1.47 bits per heavy atom. The van der Waals surface area contributed by atoms with Gasteiger partial charge in [0, 0.05) is 12.6 Å². The lowest BCUT2D eigenvalue weighted by Crippen LogP contribution is -2.39. The minimum Gasteiger partial charge on any atom is -0.467 e. The van der Waals surface area contributed by atoms with Gasteiger partial charge in [0.15, 0.2) is 0 Å². The summed E-state index contributed by atoms with van der Waals surface area (Å²) in [6, 6.07) is 2.06. The Kier molecular flexibility index (Phi) is 5.88. The lowest BCUT2D eigenvalue weighted by Gasteiger charge is -2.28. The number of hydrogen-bond donors (Lipinski definition) is 1. The normalized spacial score (nSPS) is 23.6. The fraction of sp³-hybridized carbons (Fsp3) is 0.643. The molecule has 0 aliphatic carbocycles. The largest absolute Gasteiger partial charge is 0.467 e. The average Bonchev–Trinajstić information content (AvgIpc) is 2.77. The third-order valence-electron chi connectivity index (χ3n) is 3.72. The molecule has 1 aliphatic heterocycles. The van der Waals surface area contributed by atoms with Gasteiger partial charge >= 0.3 is 0 Å². The van der Waals surface area contributed by atoms with Crippen molar-refractivity contribution in [2.75, 3.05) is 6.54 Å². The van der Waals surface area contributed by atoms with Crippen LogP contribution < -0.4 is 5.73 Å². The molecule has 19 heavy (non-hydrogen) atoms. The van der Waals surface area contributed by atoms with Gasteiger partial charge in [0.05, 0.1) is 12.1 Å². The first-order valence-corrected chi connectivity index (χ1v) is 6.70. The van der Waals surface area contributed by atoms with E-state index in [1.165, 1.54) is 19.1 Å². The lowest BCUT2D eigenvalue weighted by molar-refractivity contribution is 0.0676. The molecule has 1 aromatic rings. The highest BCUT2D eigenvalue weighted by molar-refractivity contribution is 5.94. The number of carbonyl (C=O) groups excluding carboxylic acids is 1. The van der Waals surface area contributed by atoms with E-state index >= 15 is 0 Å². The van der Waals surface area contributed by atoms with E-state index < -0.39 is 0 Å². The maximum Gasteiger partial charge on any atom is 0.257 e. The minimum absolute atomic E-state index is 0. The van der Waals surface area contributed by atoms with Crippen molar-refractivity contribution in [2.24, 2.45) is 11.7 Å². The number of amides is 1. The van der Waals surface area contributed by atoms with Crippen molar-refractivity contribution in [1.82, 2.24) is 4.90 Å². The molecular weight excluding hydrogens is 264 g/mol. The zero-order valence-corrected chi connectivity index (χ0v) is 12.4. The molecule has 2 N–H and O–H groups in total. The van der Waals surface area contributed by atoms with E-state index in [4.69, 9.17) is 10.2 Å². The van der Waals surface area contributed by atoms with E-state index in [1.54, 1.807) is 6.07 Å². The molecule has 2 unspecified atom stereocenters. The van der Waals surface area contributed by atoms with Gasteiger partial charge in [0.1, 0.15) is 12.0 Å². The van der Waals surface area contributed by atoms with Gasteiger partial charge in [-0.2, -0.15) is 0 Å². The van der Waals surface area contributed by atoms with Crippen LogP contribution in [0.1, 0.15) is 49.2 Å². The second kappa shape index (κ2) is 6.96. The summed E-state index contributed by atoms with van der Waals surface area (Å²) in [5, 5.41) is 0. The van der Waals surface area contributed by atoms with Gasteiger partial charge in [0.2, 0.25) is 0 Å². The Morgan fingerprint density at radius 2 is 2.21 bits per heavy atom. The van der Waals surface area contributed by atoms with Crippen molar-refractivity contribution < 1.29 is 9.21 Å². The molecule has 4 nitrogen and oxygen atoms in total. The summed E-state index contributed by atoms with van der Waals surface area (Å²) in [5.74, 6) is 1.30. The van der Waals surface area contributed by atoms with Crippen molar-refractivity contribution in [2.45, 2.75) is 45.7 Å². The fourth-order valence-electron chi connectivity index (χ4n) is 2.57. The zero-order valence-electron chi connectivity index (χ0n) is 11.6. The quantitative estimate of drug-likeness (QED) is 0.909. The number of likely N-dealkylation sites (tertiary alicyclic amines) is 1. The molecule has 0 saturated carbocycles. The molecule has 0 spiro atoms. The van der Waals surface area contributed by atoms with E-state index in [-0.39, 0.29) is 18.3 Å². The first-order valence-electron chi connectivity index (χ1n) is 6.70. The van der Waals surface area contributed by atoms with E-state index in [0.717, 1.165) is 13.0 Å². The number of carbonyl (C=O) groups is 1. The number of hydrogen-bond acceptors (Lipinski definition) is 3. The molecule has 2 atom stereocenters. The fourth-order valence-corrected chi connectivity index (χ4v) is 2.57. The van der Waals surface area contributed by atoms with E-state index in [9.17, 15) is 4.79 Å². The van der Waals surface area contributed by atoms with Crippen molar-refractivity contribution in [3.8, 4) is 0 Å². The molecule has 0 aromatic carbocycles. The molecule has 1 amide bonds. The standard InChI is InChI=1S/C14H22N2O2.ClH/c1-10-4-3-5-11(2)16(8-10)14(17)12-6-13(7-15)18-9-12;/h6,9-11H,3-5,7-8,15H2,1-2H3;1H. The number of nitrogens with zero attached hydrogens (tertiary/aromatic N) is 1. The third kappa shape index (κ3) is 3.74. The van der Waals surface area contributed by atoms with Crippen LogP contribution in [0.3, 0.4) is 0 Å². The first-order chi connectivity index (χ1) is 8.61. The van der Waals surface area contributed by atoms with Gasteiger partial charge < -0.3 is 15.1 Å². The highest BCUT2D eigenvalue weighted by Gasteiger charge is 2.26. The summed E-state index contributed by atoms with van der Waals surface area (Å²) >= 11 is 0. The Morgan fingerprint density at radius 3 is 2.84 bits per heavy atom. The predicted molar refractivity (Wildman–Crippen MR) is 77.4 cm³/mol. The number of rotatable bonds is 2. The number of nitrogens with two attached hydrogens (primary N) is 1. The molecule has 0 bridgehead atoms. The van der Waals surface area contributed by atoms with E-state index in [0.29, 0.717) is 29.8 Å².